The second kappa shape index (κ2) is 12.1. The van der Waals surface area contributed by atoms with Crippen molar-refractivity contribution in [3.63, 3.8) is 0 Å². The summed E-state index contributed by atoms with van der Waals surface area (Å²) in [6.45, 7) is 3.69. The summed E-state index contributed by atoms with van der Waals surface area (Å²) in [4.78, 5) is 65.3. The Hall–Kier alpha value is -4.79. The fourth-order valence-electron chi connectivity index (χ4n) is 6.97. The first kappa shape index (κ1) is 29.3. The molecular formula is C35H34N2O7. The van der Waals surface area contributed by atoms with E-state index in [1.165, 1.54) is 22.6 Å². The van der Waals surface area contributed by atoms with Crippen molar-refractivity contribution < 1.29 is 33.4 Å². The lowest BCUT2D eigenvalue weighted by atomic mass is 9.73. The summed E-state index contributed by atoms with van der Waals surface area (Å²) in [5, 5.41) is 2.62. The molecule has 3 fully saturated rings. The zero-order valence-corrected chi connectivity index (χ0v) is 24.6. The minimum absolute atomic E-state index is 0.151. The molecule has 3 aromatic carbocycles. The van der Waals surface area contributed by atoms with Crippen LogP contribution in [-0.2, 0) is 23.9 Å². The molecule has 1 aliphatic heterocycles. The molecule has 3 aromatic rings. The molecule has 0 unspecified atom stereocenters. The normalized spacial score (nSPS) is 23.5. The maximum Gasteiger partial charge on any atom is 0.338 e. The monoisotopic (exact) mass is 594 g/mol. The summed E-state index contributed by atoms with van der Waals surface area (Å²) in [5.74, 6) is -1.78. The van der Waals surface area contributed by atoms with E-state index in [0.29, 0.717) is 23.5 Å². The number of imide groups is 1. The molecule has 3 amide bonds. The van der Waals surface area contributed by atoms with Crippen LogP contribution < -0.4 is 10.2 Å². The van der Waals surface area contributed by atoms with Gasteiger partial charge in [-0.15, -0.1) is 0 Å². The Balaban J connectivity index is 1.03. The average Bonchev–Trinajstić information content (AvgIpc) is 3.70. The number of esters is 2. The third kappa shape index (κ3) is 5.62. The molecular weight excluding hydrogens is 560 g/mol. The fraction of sp³-hybridized carbons (Fsp3) is 0.343. The number of hydrogen-bond donors (Lipinski definition) is 1. The van der Waals surface area contributed by atoms with Crippen LogP contribution in [0.15, 0.2) is 78.9 Å². The number of anilines is 2. The van der Waals surface area contributed by atoms with Gasteiger partial charge in [-0.2, -0.15) is 0 Å². The molecule has 0 spiro atoms. The number of nitrogens with one attached hydrogen (secondary N) is 1. The fourth-order valence-corrected chi connectivity index (χ4v) is 6.97. The number of amides is 3. The standard InChI is InChI=1S/C35H34N2O7/c1-20(2)18-43-34(41)22-8-12-25(13-9-22)36-29(38)19-44-35(42)23-10-14-26(15-11-23)37-32(39)30-24-16-27(21-6-4-3-5-7-21)28(17-24)31(30)33(37)40/h3-15,20,24,27-28,30-31H,16-19H2,1-2H3,(H,36,38)/t24-,27-,28+,30+,31+/m0/s1. The molecule has 2 bridgehead atoms. The van der Waals surface area contributed by atoms with E-state index in [9.17, 15) is 24.0 Å². The summed E-state index contributed by atoms with van der Waals surface area (Å²) in [6, 6.07) is 22.5. The predicted octanol–water partition coefficient (Wildman–Crippen LogP) is 5.22. The van der Waals surface area contributed by atoms with Crippen molar-refractivity contribution in [2.75, 3.05) is 23.4 Å². The molecule has 6 rings (SSSR count). The Morgan fingerprint density at radius 3 is 2.07 bits per heavy atom. The number of hydrogen-bond acceptors (Lipinski definition) is 7. The quantitative estimate of drug-likeness (QED) is 0.266. The summed E-state index contributed by atoms with van der Waals surface area (Å²) < 4.78 is 10.4. The molecule has 226 valence electrons. The zero-order valence-electron chi connectivity index (χ0n) is 24.6. The van der Waals surface area contributed by atoms with Gasteiger partial charge in [-0.05, 0) is 90.6 Å². The van der Waals surface area contributed by atoms with Gasteiger partial charge in [0, 0.05) is 5.69 Å². The van der Waals surface area contributed by atoms with Gasteiger partial charge in [-0.1, -0.05) is 44.2 Å². The molecule has 5 atom stereocenters. The van der Waals surface area contributed by atoms with E-state index in [4.69, 9.17) is 9.47 Å². The highest BCUT2D eigenvalue weighted by Gasteiger charge is 2.64. The van der Waals surface area contributed by atoms with E-state index in [2.05, 4.69) is 17.4 Å². The summed E-state index contributed by atoms with van der Waals surface area (Å²) in [5.41, 5.74) is 2.64. The molecule has 9 heteroatoms. The summed E-state index contributed by atoms with van der Waals surface area (Å²) >= 11 is 0. The summed E-state index contributed by atoms with van der Waals surface area (Å²) in [7, 11) is 0. The third-order valence-electron chi connectivity index (χ3n) is 8.89. The van der Waals surface area contributed by atoms with Crippen molar-refractivity contribution in [3.8, 4) is 0 Å². The van der Waals surface area contributed by atoms with E-state index < -0.39 is 24.5 Å². The van der Waals surface area contributed by atoms with E-state index >= 15 is 0 Å². The highest BCUT2D eigenvalue weighted by molar-refractivity contribution is 6.22. The first-order chi connectivity index (χ1) is 21.2. The Morgan fingerprint density at radius 1 is 0.795 bits per heavy atom. The SMILES string of the molecule is CC(C)COC(=O)c1ccc(NC(=O)COC(=O)c2ccc(N3C(=O)[C@@H]4[C@@H]5C[C@@H]([C@H]4C3=O)[C@H](c3ccccc3)C5)cc2)cc1. The van der Waals surface area contributed by atoms with Crippen LogP contribution in [0, 0.1) is 29.6 Å². The predicted molar refractivity (Wildman–Crippen MR) is 162 cm³/mol. The van der Waals surface area contributed by atoms with Crippen LogP contribution in [0.2, 0.25) is 0 Å². The molecule has 2 aliphatic carbocycles. The topological polar surface area (TPSA) is 119 Å². The van der Waals surface area contributed by atoms with Crippen LogP contribution in [0.5, 0.6) is 0 Å². The number of nitrogens with zero attached hydrogens (tertiary/aromatic N) is 1. The van der Waals surface area contributed by atoms with E-state index in [0.717, 1.165) is 12.8 Å². The van der Waals surface area contributed by atoms with Crippen LogP contribution in [0.25, 0.3) is 0 Å². The van der Waals surface area contributed by atoms with Gasteiger partial charge in [0.1, 0.15) is 0 Å². The molecule has 2 saturated carbocycles. The van der Waals surface area contributed by atoms with Gasteiger partial charge in [0.05, 0.1) is 35.3 Å². The van der Waals surface area contributed by atoms with Gasteiger partial charge in [-0.3, -0.25) is 19.3 Å². The van der Waals surface area contributed by atoms with E-state index in [-0.39, 0.29) is 52.9 Å². The Kier molecular flexibility index (Phi) is 8.03. The van der Waals surface area contributed by atoms with Crippen LogP contribution in [0.1, 0.15) is 58.9 Å². The maximum atomic E-state index is 13.6. The van der Waals surface area contributed by atoms with E-state index in [1.54, 1.807) is 36.4 Å². The molecule has 3 aliphatic rings. The molecule has 44 heavy (non-hydrogen) atoms. The minimum Gasteiger partial charge on any atom is -0.462 e. The largest absolute Gasteiger partial charge is 0.462 e. The number of ether oxygens (including phenoxy) is 2. The Morgan fingerprint density at radius 2 is 1.41 bits per heavy atom. The number of carbonyl (C=O) groups is 5. The van der Waals surface area contributed by atoms with Gasteiger partial charge in [0.15, 0.2) is 6.61 Å². The van der Waals surface area contributed by atoms with Crippen molar-refractivity contribution in [3.05, 3.63) is 95.6 Å². The van der Waals surface area contributed by atoms with Gasteiger partial charge < -0.3 is 14.8 Å². The lowest BCUT2D eigenvalue weighted by molar-refractivity contribution is -0.123. The van der Waals surface area contributed by atoms with Gasteiger partial charge in [0.25, 0.3) is 5.91 Å². The van der Waals surface area contributed by atoms with Gasteiger partial charge in [-0.25, -0.2) is 9.59 Å². The van der Waals surface area contributed by atoms with Crippen molar-refractivity contribution in [2.24, 2.45) is 29.6 Å². The van der Waals surface area contributed by atoms with Crippen molar-refractivity contribution in [1.82, 2.24) is 0 Å². The van der Waals surface area contributed by atoms with Crippen LogP contribution >= 0.6 is 0 Å². The molecule has 0 aromatic heterocycles. The number of carbonyl (C=O) groups excluding carboxylic acids is 5. The molecule has 9 nitrogen and oxygen atoms in total. The molecule has 0 radical (unpaired) electrons. The third-order valence-corrected chi connectivity index (χ3v) is 8.89. The van der Waals surface area contributed by atoms with Crippen molar-refractivity contribution >= 4 is 41.0 Å². The molecule has 1 heterocycles. The average molecular weight is 595 g/mol. The second-order valence-corrected chi connectivity index (χ2v) is 12.2. The highest BCUT2D eigenvalue weighted by atomic mass is 16.5. The number of rotatable bonds is 9. The van der Waals surface area contributed by atoms with Gasteiger partial charge in [0.2, 0.25) is 11.8 Å². The maximum absolute atomic E-state index is 13.6. The summed E-state index contributed by atoms with van der Waals surface area (Å²) in [6.07, 6.45) is 1.82. The zero-order chi connectivity index (χ0) is 31.0. The smallest absolute Gasteiger partial charge is 0.338 e. The molecule has 1 saturated heterocycles. The number of benzene rings is 3. The van der Waals surface area contributed by atoms with Crippen LogP contribution in [-0.4, -0.2) is 42.9 Å². The Labute approximate surface area is 255 Å². The lowest BCUT2D eigenvalue weighted by Crippen LogP contribution is -2.33. The lowest BCUT2D eigenvalue weighted by Gasteiger charge is -2.28. The highest BCUT2D eigenvalue weighted by Crippen LogP contribution is 2.61. The first-order valence-corrected chi connectivity index (χ1v) is 15.0. The van der Waals surface area contributed by atoms with Crippen molar-refractivity contribution in [2.45, 2.75) is 32.6 Å². The Bertz CT molecular complexity index is 1580. The minimum atomic E-state index is -0.713. The first-order valence-electron chi connectivity index (χ1n) is 15.0. The van der Waals surface area contributed by atoms with Crippen molar-refractivity contribution in [1.29, 1.82) is 0 Å². The van der Waals surface area contributed by atoms with Crippen LogP contribution in [0.3, 0.4) is 0 Å². The molecule has 1 N–H and O–H groups in total. The number of fused-ring (bicyclic) bond motifs is 5. The van der Waals surface area contributed by atoms with E-state index in [1.807, 2.05) is 32.0 Å². The second-order valence-electron chi connectivity index (χ2n) is 12.2. The van der Waals surface area contributed by atoms with Gasteiger partial charge >= 0.3 is 11.9 Å². The van der Waals surface area contributed by atoms with Crippen LogP contribution in [0.4, 0.5) is 11.4 Å².